The Kier molecular flexibility index (Phi) is 3.94. The Bertz CT molecular complexity index is 619. The SMILES string of the molecule is CCNc1cncc(Nc2cccc(F)c2C#N)c1. The zero-order valence-electron chi connectivity index (χ0n) is 10.4. The van der Waals surface area contributed by atoms with E-state index in [2.05, 4.69) is 15.6 Å². The molecule has 0 bridgehead atoms. The molecule has 1 aromatic heterocycles. The van der Waals surface area contributed by atoms with Crippen LogP contribution in [0.25, 0.3) is 0 Å². The van der Waals surface area contributed by atoms with E-state index in [4.69, 9.17) is 5.26 Å². The lowest BCUT2D eigenvalue weighted by atomic mass is 10.2. The number of halogens is 1. The summed E-state index contributed by atoms with van der Waals surface area (Å²) in [7, 11) is 0. The molecule has 2 rings (SSSR count). The number of aromatic nitrogens is 1. The van der Waals surface area contributed by atoms with Crippen molar-refractivity contribution in [2.45, 2.75) is 6.92 Å². The fraction of sp³-hybridized carbons (Fsp3) is 0.143. The van der Waals surface area contributed by atoms with Crippen molar-refractivity contribution in [1.82, 2.24) is 4.98 Å². The average Bonchev–Trinajstić information content (AvgIpc) is 2.40. The number of nitrogens with zero attached hydrogens (tertiary/aromatic N) is 2. The van der Waals surface area contributed by atoms with Crippen molar-refractivity contribution in [1.29, 1.82) is 5.26 Å². The second-order valence-corrected chi connectivity index (χ2v) is 3.89. The lowest BCUT2D eigenvalue weighted by Crippen LogP contribution is -2.00. The Morgan fingerprint density at radius 1 is 1.32 bits per heavy atom. The Morgan fingerprint density at radius 2 is 2.11 bits per heavy atom. The molecule has 1 aromatic carbocycles. The summed E-state index contributed by atoms with van der Waals surface area (Å²) in [6.07, 6.45) is 3.32. The molecule has 0 aliphatic rings. The minimum absolute atomic E-state index is 0.00338. The molecule has 5 heteroatoms. The number of hydrogen-bond acceptors (Lipinski definition) is 4. The Balaban J connectivity index is 2.29. The van der Waals surface area contributed by atoms with Crippen molar-refractivity contribution < 1.29 is 4.39 Å². The predicted molar refractivity (Wildman–Crippen MR) is 72.8 cm³/mol. The van der Waals surface area contributed by atoms with E-state index < -0.39 is 5.82 Å². The summed E-state index contributed by atoms with van der Waals surface area (Å²) < 4.78 is 13.5. The van der Waals surface area contributed by atoms with Crippen molar-refractivity contribution >= 4 is 17.1 Å². The maximum absolute atomic E-state index is 13.5. The highest BCUT2D eigenvalue weighted by Crippen LogP contribution is 2.23. The van der Waals surface area contributed by atoms with E-state index in [1.165, 1.54) is 6.07 Å². The largest absolute Gasteiger partial charge is 0.384 e. The summed E-state index contributed by atoms with van der Waals surface area (Å²) in [6.45, 7) is 2.77. The first-order valence-corrected chi connectivity index (χ1v) is 5.89. The van der Waals surface area contributed by atoms with Crippen molar-refractivity contribution in [2.75, 3.05) is 17.2 Å². The molecule has 1 heterocycles. The van der Waals surface area contributed by atoms with Gasteiger partial charge < -0.3 is 10.6 Å². The van der Waals surface area contributed by atoms with Gasteiger partial charge in [0.1, 0.15) is 17.4 Å². The van der Waals surface area contributed by atoms with Gasteiger partial charge >= 0.3 is 0 Å². The highest BCUT2D eigenvalue weighted by atomic mass is 19.1. The molecule has 2 aromatic rings. The van der Waals surface area contributed by atoms with Crippen molar-refractivity contribution in [3.63, 3.8) is 0 Å². The summed E-state index contributed by atoms with van der Waals surface area (Å²) in [5.41, 5.74) is 1.98. The lowest BCUT2D eigenvalue weighted by molar-refractivity contribution is 0.624. The fourth-order valence-electron chi connectivity index (χ4n) is 1.71. The smallest absolute Gasteiger partial charge is 0.143 e. The number of pyridine rings is 1. The molecule has 0 aliphatic heterocycles. The molecule has 0 unspecified atom stereocenters. The maximum Gasteiger partial charge on any atom is 0.143 e. The van der Waals surface area contributed by atoms with Crippen LogP contribution in [0.1, 0.15) is 12.5 Å². The van der Waals surface area contributed by atoms with E-state index in [0.717, 1.165) is 12.2 Å². The van der Waals surface area contributed by atoms with Crippen LogP contribution in [0.4, 0.5) is 21.5 Å². The van der Waals surface area contributed by atoms with Gasteiger partial charge in [-0.15, -0.1) is 0 Å². The summed E-state index contributed by atoms with van der Waals surface area (Å²) in [5.74, 6) is -0.539. The van der Waals surface area contributed by atoms with Crippen LogP contribution in [0.5, 0.6) is 0 Å². The third-order valence-corrected chi connectivity index (χ3v) is 2.52. The van der Waals surface area contributed by atoms with Crippen molar-refractivity contribution in [3.05, 3.63) is 48.0 Å². The number of benzene rings is 1. The molecule has 0 saturated heterocycles. The number of anilines is 3. The minimum Gasteiger partial charge on any atom is -0.384 e. The topological polar surface area (TPSA) is 60.7 Å². The zero-order valence-corrected chi connectivity index (χ0v) is 10.4. The first-order chi connectivity index (χ1) is 9.24. The first kappa shape index (κ1) is 12.8. The molecule has 0 atom stereocenters. The van der Waals surface area contributed by atoms with Gasteiger partial charge in [-0.25, -0.2) is 4.39 Å². The molecule has 0 spiro atoms. The Hall–Kier alpha value is -2.61. The van der Waals surface area contributed by atoms with Crippen LogP contribution in [-0.4, -0.2) is 11.5 Å². The molecule has 2 N–H and O–H groups in total. The van der Waals surface area contributed by atoms with Crippen LogP contribution >= 0.6 is 0 Å². The summed E-state index contributed by atoms with van der Waals surface area (Å²) >= 11 is 0. The molecule has 96 valence electrons. The highest BCUT2D eigenvalue weighted by Gasteiger charge is 2.08. The zero-order chi connectivity index (χ0) is 13.7. The summed E-state index contributed by atoms with van der Waals surface area (Å²) in [6, 6.07) is 8.17. The molecule has 19 heavy (non-hydrogen) atoms. The average molecular weight is 256 g/mol. The van der Waals surface area contributed by atoms with Crippen molar-refractivity contribution in [2.24, 2.45) is 0 Å². The van der Waals surface area contributed by atoms with Crippen LogP contribution in [0.15, 0.2) is 36.7 Å². The summed E-state index contributed by atoms with van der Waals surface area (Å²) in [4.78, 5) is 4.08. The van der Waals surface area contributed by atoms with Gasteiger partial charge in [-0.05, 0) is 25.1 Å². The molecule has 0 amide bonds. The van der Waals surface area contributed by atoms with Gasteiger partial charge in [0.05, 0.1) is 29.5 Å². The molecule has 0 saturated carbocycles. The van der Waals surface area contributed by atoms with Crippen LogP contribution < -0.4 is 10.6 Å². The number of hydrogen-bond donors (Lipinski definition) is 2. The number of rotatable bonds is 4. The van der Waals surface area contributed by atoms with Gasteiger partial charge in [-0.1, -0.05) is 6.07 Å². The van der Waals surface area contributed by atoms with Crippen molar-refractivity contribution in [3.8, 4) is 6.07 Å². The fourth-order valence-corrected chi connectivity index (χ4v) is 1.71. The first-order valence-electron chi connectivity index (χ1n) is 5.89. The lowest BCUT2D eigenvalue weighted by Gasteiger charge is -2.10. The third kappa shape index (κ3) is 2.99. The van der Waals surface area contributed by atoms with E-state index in [-0.39, 0.29) is 5.56 Å². The minimum atomic E-state index is -0.539. The summed E-state index contributed by atoms with van der Waals surface area (Å²) in [5, 5.41) is 15.1. The monoisotopic (exact) mass is 256 g/mol. The van der Waals surface area contributed by atoms with E-state index in [1.807, 2.05) is 19.1 Å². The Labute approximate surface area is 110 Å². The van der Waals surface area contributed by atoms with E-state index in [9.17, 15) is 4.39 Å². The normalized spacial score (nSPS) is 9.74. The van der Waals surface area contributed by atoms with E-state index >= 15 is 0 Å². The van der Waals surface area contributed by atoms with Crippen LogP contribution in [0, 0.1) is 17.1 Å². The second-order valence-electron chi connectivity index (χ2n) is 3.89. The number of nitriles is 1. The third-order valence-electron chi connectivity index (χ3n) is 2.52. The van der Waals surface area contributed by atoms with E-state index in [1.54, 1.807) is 24.5 Å². The molecular formula is C14H13FN4. The van der Waals surface area contributed by atoms with Gasteiger partial charge in [-0.2, -0.15) is 5.26 Å². The van der Waals surface area contributed by atoms with Crippen LogP contribution in [0.3, 0.4) is 0 Å². The van der Waals surface area contributed by atoms with E-state index in [0.29, 0.717) is 11.4 Å². The van der Waals surface area contributed by atoms with Gasteiger partial charge in [-0.3, -0.25) is 4.98 Å². The predicted octanol–water partition coefficient (Wildman–Crippen LogP) is 3.27. The van der Waals surface area contributed by atoms with Gasteiger partial charge in [0, 0.05) is 6.54 Å². The highest BCUT2D eigenvalue weighted by molar-refractivity contribution is 5.68. The molecule has 0 fully saturated rings. The quantitative estimate of drug-likeness (QED) is 0.881. The number of nitrogens with one attached hydrogen (secondary N) is 2. The van der Waals surface area contributed by atoms with Crippen LogP contribution in [-0.2, 0) is 0 Å². The second kappa shape index (κ2) is 5.83. The van der Waals surface area contributed by atoms with Gasteiger partial charge in [0.25, 0.3) is 0 Å². The Morgan fingerprint density at radius 3 is 2.84 bits per heavy atom. The standard InChI is InChI=1S/C14H13FN4/c1-2-18-10-6-11(9-17-8-10)19-14-5-3-4-13(15)12(14)7-16/h3-6,8-9,18-19H,2H2,1H3. The maximum atomic E-state index is 13.5. The van der Waals surface area contributed by atoms with Gasteiger partial charge in [0.15, 0.2) is 0 Å². The molecular weight excluding hydrogens is 243 g/mol. The molecule has 0 radical (unpaired) electrons. The van der Waals surface area contributed by atoms with Crippen LogP contribution in [0.2, 0.25) is 0 Å². The van der Waals surface area contributed by atoms with Gasteiger partial charge in [0.2, 0.25) is 0 Å². The molecule has 4 nitrogen and oxygen atoms in total. The molecule has 0 aliphatic carbocycles.